The third-order valence-corrected chi connectivity index (χ3v) is 2.61. The number of carboxylic acids is 1. The van der Waals surface area contributed by atoms with Crippen molar-refractivity contribution < 1.29 is 19.2 Å². The number of amides is 1. The zero-order valence-electron chi connectivity index (χ0n) is 10.1. The van der Waals surface area contributed by atoms with Gasteiger partial charge in [-0.1, -0.05) is 18.5 Å². The van der Waals surface area contributed by atoms with E-state index in [1.165, 1.54) is 13.1 Å². The Labute approximate surface area is 99.0 Å². The maximum Gasteiger partial charge on any atom is 0.329 e. The van der Waals surface area contributed by atoms with Crippen molar-refractivity contribution >= 4 is 11.9 Å². The highest BCUT2D eigenvalue weighted by molar-refractivity contribution is 5.98. The third-order valence-electron chi connectivity index (χ3n) is 2.61. The van der Waals surface area contributed by atoms with Crippen LogP contribution in [-0.4, -0.2) is 27.7 Å². The molecule has 0 aliphatic rings. The number of hydrogen-bond acceptors (Lipinski definition) is 4. The Bertz CT molecular complexity index is 427. The minimum Gasteiger partial charge on any atom is -0.480 e. The van der Waals surface area contributed by atoms with Crippen LogP contribution in [0.25, 0.3) is 0 Å². The molecule has 0 aliphatic heterocycles. The van der Waals surface area contributed by atoms with Crippen LogP contribution in [0.15, 0.2) is 10.7 Å². The first-order valence-electron chi connectivity index (χ1n) is 5.38. The molecule has 0 saturated carbocycles. The highest BCUT2D eigenvalue weighted by Crippen LogP contribution is 2.15. The Hall–Kier alpha value is -1.85. The number of aliphatic carboxylic acids is 1. The quantitative estimate of drug-likeness (QED) is 0.810. The number of aromatic nitrogens is 1. The summed E-state index contributed by atoms with van der Waals surface area (Å²) in [4.78, 5) is 23.0. The number of nitrogens with zero attached hydrogens (tertiary/aromatic N) is 1. The lowest BCUT2D eigenvalue weighted by atomic mass is 9.96. The van der Waals surface area contributed by atoms with Crippen molar-refractivity contribution in [2.45, 2.75) is 39.2 Å². The number of carbonyl (C=O) groups excluding carboxylic acids is 1. The topological polar surface area (TPSA) is 92.4 Å². The molecule has 0 bridgehead atoms. The Morgan fingerprint density at radius 1 is 1.59 bits per heavy atom. The van der Waals surface area contributed by atoms with Crippen LogP contribution in [0.5, 0.6) is 0 Å². The van der Waals surface area contributed by atoms with Crippen LogP contribution in [-0.2, 0) is 4.79 Å². The first-order valence-corrected chi connectivity index (χ1v) is 5.38. The summed E-state index contributed by atoms with van der Waals surface area (Å²) in [6.45, 7) is 4.94. The molecule has 2 N–H and O–H groups in total. The summed E-state index contributed by atoms with van der Waals surface area (Å²) in [5.41, 5.74) is -1.01. The Morgan fingerprint density at radius 2 is 2.24 bits per heavy atom. The maximum absolute atomic E-state index is 11.8. The molecule has 6 heteroatoms. The van der Waals surface area contributed by atoms with Crippen molar-refractivity contribution in [1.29, 1.82) is 0 Å². The van der Waals surface area contributed by atoms with Gasteiger partial charge in [0.05, 0.1) is 6.20 Å². The molecular formula is C11H16N2O4. The SMILES string of the molecule is CCCC(C)(NC(=O)c1cnoc1C)C(=O)O. The van der Waals surface area contributed by atoms with E-state index in [2.05, 4.69) is 10.5 Å². The highest BCUT2D eigenvalue weighted by Gasteiger charge is 2.34. The minimum atomic E-state index is -1.27. The van der Waals surface area contributed by atoms with E-state index in [0.29, 0.717) is 18.6 Å². The molecule has 1 rings (SSSR count). The second-order valence-electron chi connectivity index (χ2n) is 4.14. The summed E-state index contributed by atoms with van der Waals surface area (Å²) < 4.78 is 4.76. The van der Waals surface area contributed by atoms with Crippen LogP contribution >= 0.6 is 0 Å². The molecule has 1 amide bonds. The first kappa shape index (κ1) is 13.2. The van der Waals surface area contributed by atoms with Gasteiger partial charge in [0, 0.05) is 0 Å². The van der Waals surface area contributed by atoms with Gasteiger partial charge in [-0.05, 0) is 20.3 Å². The molecule has 0 spiro atoms. The molecule has 94 valence electrons. The first-order chi connectivity index (χ1) is 7.90. The fourth-order valence-electron chi connectivity index (χ4n) is 1.56. The molecule has 0 saturated heterocycles. The third kappa shape index (κ3) is 2.83. The Morgan fingerprint density at radius 3 is 2.65 bits per heavy atom. The lowest BCUT2D eigenvalue weighted by Gasteiger charge is -2.25. The second kappa shape index (κ2) is 4.99. The summed E-state index contributed by atoms with van der Waals surface area (Å²) in [6.07, 6.45) is 2.29. The van der Waals surface area contributed by atoms with Crippen molar-refractivity contribution in [3.8, 4) is 0 Å². The number of aryl methyl sites for hydroxylation is 1. The van der Waals surface area contributed by atoms with Gasteiger partial charge in [0.1, 0.15) is 16.9 Å². The molecule has 1 heterocycles. The lowest BCUT2D eigenvalue weighted by molar-refractivity contribution is -0.144. The maximum atomic E-state index is 11.8. The van der Waals surface area contributed by atoms with E-state index in [1.54, 1.807) is 6.92 Å². The molecule has 0 aromatic carbocycles. The van der Waals surface area contributed by atoms with Gasteiger partial charge >= 0.3 is 5.97 Å². The van der Waals surface area contributed by atoms with Crippen LogP contribution in [0.2, 0.25) is 0 Å². The number of hydrogen-bond donors (Lipinski definition) is 2. The zero-order valence-corrected chi connectivity index (χ0v) is 10.1. The number of carboxylic acid groups (broad SMARTS) is 1. The van der Waals surface area contributed by atoms with Crippen molar-refractivity contribution in [3.63, 3.8) is 0 Å². The van der Waals surface area contributed by atoms with Gasteiger partial charge in [0.2, 0.25) is 0 Å². The van der Waals surface area contributed by atoms with Crippen molar-refractivity contribution in [1.82, 2.24) is 10.5 Å². The summed E-state index contributed by atoms with van der Waals surface area (Å²) in [6, 6.07) is 0. The smallest absolute Gasteiger partial charge is 0.329 e. The van der Waals surface area contributed by atoms with E-state index in [0.717, 1.165) is 0 Å². The minimum absolute atomic E-state index is 0.258. The van der Waals surface area contributed by atoms with Gasteiger partial charge in [-0.2, -0.15) is 0 Å². The van der Waals surface area contributed by atoms with E-state index in [9.17, 15) is 9.59 Å². The molecular weight excluding hydrogens is 224 g/mol. The summed E-state index contributed by atoms with van der Waals surface area (Å²) in [5.74, 6) is -1.17. The Kier molecular flexibility index (Phi) is 3.88. The summed E-state index contributed by atoms with van der Waals surface area (Å²) in [5, 5.41) is 15.1. The molecule has 17 heavy (non-hydrogen) atoms. The fourth-order valence-corrected chi connectivity index (χ4v) is 1.56. The summed E-state index contributed by atoms with van der Waals surface area (Å²) >= 11 is 0. The average Bonchev–Trinajstić information content (AvgIpc) is 2.64. The molecule has 0 radical (unpaired) electrons. The van der Waals surface area contributed by atoms with E-state index in [4.69, 9.17) is 9.63 Å². The molecule has 6 nitrogen and oxygen atoms in total. The average molecular weight is 240 g/mol. The summed E-state index contributed by atoms with van der Waals surface area (Å²) in [7, 11) is 0. The number of nitrogens with one attached hydrogen (secondary N) is 1. The monoisotopic (exact) mass is 240 g/mol. The van der Waals surface area contributed by atoms with Crippen LogP contribution in [0, 0.1) is 6.92 Å². The molecule has 1 aromatic heterocycles. The van der Waals surface area contributed by atoms with Crippen LogP contribution < -0.4 is 5.32 Å². The molecule has 0 aliphatic carbocycles. The normalized spacial score (nSPS) is 14.1. The molecule has 1 atom stereocenters. The number of carbonyl (C=O) groups is 2. The van der Waals surface area contributed by atoms with E-state index >= 15 is 0 Å². The predicted molar refractivity (Wildman–Crippen MR) is 59.7 cm³/mol. The van der Waals surface area contributed by atoms with E-state index < -0.39 is 17.4 Å². The van der Waals surface area contributed by atoms with Crippen LogP contribution in [0.1, 0.15) is 42.8 Å². The van der Waals surface area contributed by atoms with E-state index in [-0.39, 0.29) is 5.56 Å². The van der Waals surface area contributed by atoms with Gasteiger partial charge in [0.15, 0.2) is 0 Å². The fraction of sp³-hybridized carbons (Fsp3) is 0.545. The molecule has 0 fully saturated rings. The van der Waals surface area contributed by atoms with Gasteiger partial charge in [-0.15, -0.1) is 0 Å². The van der Waals surface area contributed by atoms with Crippen molar-refractivity contribution in [2.24, 2.45) is 0 Å². The number of rotatable bonds is 5. The zero-order chi connectivity index (χ0) is 13.1. The second-order valence-corrected chi connectivity index (χ2v) is 4.14. The molecule has 1 aromatic rings. The lowest BCUT2D eigenvalue weighted by Crippen LogP contribution is -2.52. The van der Waals surface area contributed by atoms with Gasteiger partial charge in [-0.25, -0.2) is 4.79 Å². The van der Waals surface area contributed by atoms with Crippen LogP contribution in [0.4, 0.5) is 0 Å². The standard InChI is InChI=1S/C11H16N2O4/c1-4-5-11(3,10(15)16)13-9(14)8-6-12-17-7(8)2/h6H,4-5H2,1-3H3,(H,13,14)(H,15,16). The van der Waals surface area contributed by atoms with Crippen LogP contribution in [0.3, 0.4) is 0 Å². The predicted octanol–water partition coefficient (Wildman–Crippen LogP) is 1.36. The van der Waals surface area contributed by atoms with Gasteiger partial charge in [-0.3, -0.25) is 4.79 Å². The van der Waals surface area contributed by atoms with Crippen molar-refractivity contribution in [2.75, 3.05) is 0 Å². The molecule has 1 unspecified atom stereocenters. The van der Waals surface area contributed by atoms with E-state index in [1.807, 2.05) is 6.92 Å². The van der Waals surface area contributed by atoms with Gasteiger partial charge < -0.3 is 14.9 Å². The largest absolute Gasteiger partial charge is 0.480 e. The Balaban J connectivity index is 2.85. The van der Waals surface area contributed by atoms with Gasteiger partial charge in [0.25, 0.3) is 5.91 Å². The highest BCUT2D eigenvalue weighted by atomic mass is 16.5. The van der Waals surface area contributed by atoms with Crippen molar-refractivity contribution in [3.05, 3.63) is 17.5 Å².